The highest BCUT2D eigenvalue weighted by Crippen LogP contribution is 2.41. The third-order valence-electron chi connectivity index (χ3n) is 1.84. The van der Waals surface area contributed by atoms with Gasteiger partial charge in [0.15, 0.2) is 0 Å². The normalized spacial score (nSPS) is 10.9. The molecule has 0 aliphatic heterocycles. The minimum atomic E-state index is -4.53. The highest BCUT2D eigenvalue weighted by Gasteiger charge is 2.33. The number of hydrogen-bond acceptors (Lipinski definition) is 4. The average molecular weight is 387 g/mol. The zero-order valence-corrected chi connectivity index (χ0v) is 11.8. The van der Waals surface area contributed by atoms with Gasteiger partial charge in [0.1, 0.15) is 6.07 Å². The van der Waals surface area contributed by atoms with E-state index in [4.69, 9.17) is 5.26 Å². The molecule has 1 aromatic rings. The summed E-state index contributed by atoms with van der Waals surface area (Å²) < 4.78 is 41.8. The molecular weight excluding hydrogens is 382 g/mol. The van der Waals surface area contributed by atoms with Crippen molar-refractivity contribution in [3.05, 3.63) is 26.8 Å². The first-order valence-corrected chi connectivity index (χ1v) is 6.26. The Morgan fingerprint density at radius 1 is 1.50 bits per heavy atom. The van der Waals surface area contributed by atoms with Crippen molar-refractivity contribution in [1.29, 1.82) is 5.26 Å². The van der Waals surface area contributed by atoms with E-state index in [2.05, 4.69) is 4.74 Å². The van der Waals surface area contributed by atoms with Gasteiger partial charge in [-0.1, -0.05) is 0 Å². The maximum Gasteiger partial charge on any atom is 0.446 e. The van der Waals surface area contributed by atoms with Gasteiger partial charge < -0.3 is 4.74 Å². The summed E-state index contributed by atoms with van der Waals surface area (Å²) in [4.78, 5) is 11.1. The summed E-state index contributed by atoms with van der Waals surface area (Å²) in [5, 5.41) is 8.92. The number of hydrogen-bond donors (Lipinski definition) is 0. The fraction of sp³-hybridized carbons (Fsp3) is 0.200. The summed E-state index contributed by atoms with van der Waals surface area (Å²) in [6.45, 7) is 0. The van der Waals surface area contributed by atoms with Gasteiger partial charge in [0, 0.05) is 8.47 Å². The molecule has 0 saturated carbocycles. The lowest BCUT2D eigenvalue weighted by molar-refractivity contribution is -0.0328. The van der Waals surface area contributed by atoms with Crippen molar-refractivity contribution in [1.82, 2.24) is 0 Å². The summed E-state index contributed by atoms with van der Waals surface area (Å²) in [6, 6.07) is 4.22. The van der Waals surface area contributed by atoms with Crippen molar-refractivity contribution < 1.29 is 22.7 Å². The van der Waals surface area contributed by atoms with Crippen molar-refractivity contribution >= 4 is 40.3 Å². The Morgan fingerprint density at radius 2 is 2.11 bits per heavy atom. The van der Waals surface area contributed by atoms with Crippen LogP contribution in [0.25, 0.3) is 0 Å². The lowest BCUT2D eigenvalue weighted by Crippen LogP contribution is -2.08. The van der Waals surface area contributed by atoms with E-state index in [0.29, 0.717) is 0 Å². The van der Waals surface area contributed by atoms with Crippen LogP contribution in [0.1, 0.15) is 15.9 Å². The fourth-order valence-corrected chi connectivity index (χ4v) is 2.60. The Balaban J connectivity index is 3.41. The van der Waals surface area contributed by atoms with Crippen LogP contribution in [0.5, 0.6) is 0 Å². The number of benzene rings is 1. The van der Waals surface area contributed by atoms with Crippen LogP contribution in [-0.2, 0) is 4.74 Å². The number of rotatable bonds is 2. The topological polar surface area (TPSA) is 50.1 Å². The van der Waals surface area contributed by atoms with Gasteiger partial charge in [-0.2, -0.15) is 18.4 Å². The number of alkyl halides is 3. The highest BCUT2D eigenvalue weighted by molar-refractivity contribution is 14.1. The molecule has 0 bridgehead atoms. The second-order valence-electron chi connectivity index (χ2n) is 2.95. The maximum absolute atomic E-state index is 12.4. The van der Waals surface area contributed by atoms with Crippen LogP contribution in [0.4, 0.5) is 13.2 Å². The molecule has 0 aliphatic rings. The molecule has 1 aromatic carbocycles. The average Bonchev–Trinajstić information content (AvgIpc) is 2.29. The van der Waals surface area contributed by atoms with E-state index in [0.717, 1.165) is 7.11 Å². The summed E-state index contributed by atoms with van der Waals surface area (Å²) in [7, 11) is 1.10. The zero-order chi connectivity index (χ0) is 13.9. The Labute approximate surface area is 118 Å². The van der Waals surface area contributed by atoms with Gasteiger partial charge in [-0.25, -0.2) is 4.79 Å². The molecular formula is C10H5F3INO2S. The lowest BCUT2D eigenvalue weighted by Gasteiger charge is -2.11. The first kappa shape index (κ1) is 15.1. The summed E-state index contributed by atoms with van der Waals surface area (Å²) >= 11 is 1.26. The van der Waals surface area contributed by atoms with E-state index in [1.165, 1.54) is 12.1 Å². The minimum absolute atomic E-state index is 0.174. The van der Waals surface area contributed by atoms with Crippen LogP contribution in [0.2, 0.25) is 0 Å². The van der Waals surface area contributed by atoms with Crippen molar-refractivity contribution in [3.63, 3.8) is 0 Å². The molecule has 96 valence electrons. The molecule has 0 saturated heterocycles. The lowest BCUT2D eigenvalue weighted by atomic mass is 10.1. The highest BCUT2D eigenvalue weighted by atomic mass is 127. The predicted octanol–water partition coefficient (Wildman–Crippen LogP) is 3.56. The van der Waals surface area contributed by atoms with Crippen molar-refractivity contribution in [3.8, 4) is 6.07 Å². The standard InChI is InChI=1S/C10H5F3INO2S/c1-17-9(16)5-2-3-7(14)8(6(5)4-15)18-10(11,12)13/h2-3H,1H3. The molecule has 0 radical (unpaired) electrons. The predicted molar refractivity (Wildman–Crippen MR) is 67.1 cm³/mol. The van der Waals surface area contributed by atoms with Gasteiger partial charge in [0.25, 0.3) is 0 Å². The molecule has 8 heteroatoms. The van der Waals surface area contributed by atoms with Crippen LogP contribution in [0.15, 0.2) is 17.0 Å². The number of esters is 1. The van der Waals surface area contributed by atoms with Gasteiger partial charge in [-0.05, 0) is 46.5 Å². The number of halogens is 4. The first-order valence-electron chi connectivity index (χ1n) is 4.36. The number of nitrogens with zero attached hydrogens (tertiary/aromatic N) is 1. The number of nitriles is 1. The van der Waals surface area contributed by atoms with E-state index in [1.807, 2.05) is 0 Å². The summed E-state index contributed by atoms with van der Waals surface area (Å²) in [6.07, 6.45) is 0. The second-order valence-corrected chi connectivity index (χ2v) is 5.19. The number of ether oxygens (including phenoxy) is 1. The molecule has 0 N–H and O–H groups in total. The van der Waals surface area contributed by atoms with Crippen LogP contribution in [0, 0.1) is 14.9 Å². The van der Waals surface area contributed by atoms with E-state index in [1.54, 1.807) is 28.7 Å². The van der Waals surface area contributed by atoms with E-state index < -0.39 is 23.2 Å². The van der Waals surface area contributed by atoms with E-state index in [-0.39, 0.29) is 19.6 Å². The second kappa shape index (κ2) is 5.79. The minimum Gasteiger partial charge on any atom is -0.465 e. The largest absolute Gasteiger partial charge is 0.465 e. The van der Waals surface area contributed by atoms with E-state index >= 15 is 0 Å². The monoisotopic (exact) mass is 387 g/mol. The molecule has 0 unspecified atom stereocenters. The van der Waals surface area contributed by atoms with Crippen molar-refractivity contribution in [2.24, 2.45) is 0 Å². The molecule has 0 aliphatic carbocycles. The zero-order valence-electron chi connectivity index (χ0n) is 8.84. The first-order chi connectivity index (χ1) is 8.30. The molecule has 0 heterocycles. The van der Waals surface area contributed by atoms with Gasteiger partial charge in [0.05, 0.1) is 18.2 Å². The smallest absolute Gasteiger partial charge is 0.446 e. The number of methoxy groups -OCH3 is 1. The third kappa shape index (κ3) is 3.52. The van der Waals surface area contributed by atoms with Crippen LogP contribution in [0.3, 0.4) is 0 Å². The Bertz CT molecular complexity index is 525. The molecule has 0 aromatic heterocycles. The maximum atomic E-state index is 12.4. The Hall–Kier alpha value is -0.950. The van der Waals surface area contributed by atoms with Crippen LogP contribution < -0.4 is 0 Å². The summed E-state index contributed by atoms with van der Waals surface area (Å²) in [5.41, 5.74) is -5.02. The van der Waals surface area contributed by atoms with Gasteiger partial charge >= 0.3 is 11.5 Å². The number of carbonyl (C=O) groups excluding carboxylic acids is 1. The Kier molecular flexibility index (Phi) is 4.86. The SMILES string of the molecule is COC(=O)c1ccc(I)c(SC(F)(F)F)c1C#N. The number of carbonyl (C=O) groups is 1. The Morgan fingerprint density at radius 3 is 2.56 bits per heavy atom. The van der Waals surface area contributed by atoms with Crippen LogP contribution >= 0.6 is 34.4 Å². The van der Waals surface area contributed by atoms with Crippen molar-refractivity contribution in [2.75, 3.05) is 7.11 Å². The molecule has 0 spiro atoms. The molecule has 0 amide bonds. The van der Waals surface area contributed by atoms with Gasteiger partial charge in [-0.15, -0.1) is 0 Å². The van der Waals surface area contributed by atoms with Gasteiger partial charge in [-0.3, -0.25) is 0 Å². The molecule has 1 rings (SSSR count). The van der Waals surface area contributed by atoms with Gasteiger partial charge in [0.2, 0.25) is 0 Å². The fourth-order valence-electron chi connectivity index (χ4n) is 1.16. The summed E-state index contributed by atoms with van der Waals surface area (Å²) in [5.74, 6) is -0.841. The van der Waals surface area contributed by atoms with Crippen LogP contribution in [-0.4, -0.2) is 18.6 Å². The molecule has 0 atom stereocenters. The molecule has 3 nitrogen and oxygen atoms in total. The third-order valence-corrected chi connectivity index (χ3v) is 3.97. The number of thioether (sulfide) groups is 1. The van der Waals surface area contributed by atoms with Crippen molar-refractivity contribution in [2.45, 2.75) is 10.4 Å². The quantitative estimate of drug-likeness (QED) is 0.443. The molecule has 0 fully saturated rings. The van der Waals surface area contributed by atoms with E-state index in [9.17, 15) is 18.0 Å². The molecule has 18 heavy (non-hydrogen) atoms.